The molecule has 0 radical (unpaired) electrons. The molecule has 3 N–H and O–H groups in total. The lowest BCUT2D eigenvalue weighted by Crippen LogP contribution is -2.35. The minimum absolute atomic E-state index is 0.00657. The smallest absolute Gasteiger partial charge is 0.254 e. The highest BCUT2D eigenvalue weighted by molar-refractivity contribution is 5.95. The zero-order valence-corrected chi connectivity index (χ0v) is 12.0. The summed E-state index contributed by atoms with van der Waals surface area (Å²) in [5.41, 5.74) is 10.3. The van der Waals surface area contributed by atoms with Crippen LogP contribution in [0.25, 0.3) is 0 Å². The lowest BCUT2D eigenvalue weighted by Gasteiger charge is -2.29. The van der Waals surface area contributed by atoms with E-state index in [4.69, 9.17) is 5.73 Å². The van der Waals surface area contributed by atoms with E-state index in [2.05, 4.69) is 0 Å². The highest BCUT2D eigenvalue weighted by Gasteiger charge is 2.22. The van der Waals surface area contributed by atoms with Crippen LogP contribution in [0.3, 0.4) is 0 Å². The molecule has 21 heavy (non-hydrogen) atoms. The van der Waals surface area contributed by atoms with Crippen LogP contribution < -0.4 is 5.73 Å². The van der Waals surface area contributed by atoms with Crippen LogP contribution in [-0.2, 0) is 13.0 Å². The van der Waals surface area contributed by atoms with Gasteiger partial charge in [-0.1, -0.05) is 6.07 Å². The molecule has 4 nitrogen and oxygen atoms in total. The SMILES string of the molecule is Cc1cc(C(=O)N2CCc3ccc(O)cc3C2)ccc1N. The van der Waals surface area contributed by atoms with Gasteiger partial charge in [0.15, 0.2) is 0 Å². The molecular formula is C17H18N2O2. The predicted octanol–water partition coefficient (Wildman–Crippen LogP) is 2.48. The molecule has 0 atom stereocenters. The van der Waals surface area contributed by atoms with Crippen molar-refractivity contribution in [2.75, 3.05) is 12.3 Å². The number of fused-ring (bicyclic) bond motifs is 1. The van der Waals surface area contributed by atoms with Gasteiger partial charge in [0.05, 0.1) is 0 Å². The standard InChI is InChI=1S/C17H18N2O2/c1-11-8-13(3-5-16(11)18)17(21)19-7-6-12-2-4-15(20)9-14(12)10-19/h2-5,8-9,20H,6-7,10,18H2,1H3. The number of benzene rings is 2. The molecule has 1 aliphatic heterocycles. The van der Waals surface area contributed by atoms with Crippen molar-refractivity contribution in [1.29, 1.82) is 0 Å². The first-order valence-electron chi connectivity index (χ1n) is 7.01. The van der Waals surface area contributed by atoms with E-state index >= 15 is 0 Å². The van der Waals surface area contributed by atoms with Crippen molar-refractivity contribution in [1.82, 2.24) is 4.90 Å². The van der Waals surface area contributed by atoms with Crippen molar-refractivity contribution < 1.29 is 9.90 Å². The monoisotopic (exact) mass is 282 g/mol. The van der Waals surface area contributed by atoms with Crippen LogP contribution in [0.1, 0.15) is 27.0 Å². The van der Waals surface area contributed by atoms with Gasteiger partial charge in [-0.05, 0) is 60.4 Å². The summed E-state index contributed by atoms with van der Waals surface area (Å²) in [4.78, 5) is 14.4. The zero-order chi connectivity index (χ0) is 15.0. The van der Waals surface area contributed by atoms with Crippen molar-refractivity contribution >= 4 is 11.6 Å². The van der Waals surface area contributed by atoms with Crippen molar-refractivity contribution in [2.24, 2.45) is 0 Å². The highest BCUT2D eigenvalue weighted by Crippen LogP contribution is 2.24. The van der Waals surface area contributed by atoms with E-state index in [1.807, 2.05) is 24.0 Å². The van der Waals surface area contributed by atoms with Gasteiger partial charge in [-0.2, -0.15) is 0 Å². The summed E-state index contributed by atoms with van der Waals surface area (Å²) in [5, 5.41) is 9.58. The number of phenols is 1. The third kappa shape index (κ3) is 2.57. The Kier molecular flexibility index (Phi) is 3.29. The molecule has 108 valence electrons. The number of nitrogen functional groups attached to an aromatic ring is 1. The van der Waals surface area contributed by atoms with Crippen molar-refractivity contribution in [3.05, 3.63) is 58.7 Å². The number of phenolic OH excluding ortho intramolecular Hbond substituents is 1. The first-order valence-corrected chi connectivity index (χ1v) is 7.01. The number of carbonyl (C=O) groups excluding carboxylic acids is 1. The highest BCUT2D eigenvalue weighted by atomic mass is 16.3. The van der Waals surface area contributed by atoms with E-state index in [0.717, 1.165) is 17.5 Å². The van der Waals surface area contributed by atoms with Gasteiger partial charge in [0, 0.05) is 24.3 Å². The normalized spacial score (nSPS) is 13.9. The number of nitrogens with zero attached hydrogens (tertiary/aromatic N) is 1. The second kappa shape index (κ2) is 5.13. The van der Waals surface area contributed by atoms with Gasteiger partial charge in [0.25, 0.3) is 5.91 Å². The van der Waals surface area contributed by atoms with Crippen molar-refractivity contribution in [3.63, 3.8) is 0 Å². The Balaban J connectivity index is 1.85. The average Bonchev–Trinajstić information content (AvgIpc) is 2.48. The first-order chi connectivity index (χ1) is 10.0. The van der Waals surface area contributed by atoms with Crippen molar-refractivity contribution in [2.45, 2.75) is 19.9 Å². The summed E-state index contributed by atoms with van der Waals surface area (Å²) < 4.78 is 0. The first kappa shape index (κ1) is 13.5. The number of nitrogens with two attached hydrogens (primary N) is 1. The van der Waals surface area contributed by atoms with Gasteiger partial charge in [-0.3, -0.25) is 4.79 Å². The maximum Gasteiger partial charge on any atom is 0.254 e. The predicted molar refractivity (Wildman–Crippen MR) is 82.1 cm³/mol. The maximum absolute atomic E-state index is 12.6. The molecule has 0 aromatic heterocycles. The van der Waals surface area contributed by atoms with Gasteiger partial charge in [0.1, 0.15) is 5.75 Å². The Morgan fingerprint density at radius 2 is 2.00 bits per heavy atom. The summed E-state index contributed by atoms with van der Waals surface area (Å²) in [5.74, 6) is 0.249. The van der Waals surface area contributed by atoms with Crippen LogP contribution in [0.4, 0.5) is 5.69 Å². The lowest BCUT2D eigenvalue weighted by atomic mass is 9.98. The molecule has 0 aliphatic carbocycles. The Labute approximate surface area is 123 Å². The quantitative estimate of drug-likeness (QED) is 0.790. The third-order valence-electron chi connectivity index (χ3n) is 4.01. The fourth-order valence-electron chi connectivity index (χ4n) is 2.71. The minimum atomic E-state index is 0.00657. The fourth-order valence-corrected chi connectivity index (χ4v) is 2.71. The molecule has 0 saturated heterocycles. The van der Waals surface area contributed by atoms with E-state index < -0.39 is 0 Å². The summed E-state index contributed by atoms with van der Waals surface area (Å²) in [6, 6.07) is 10.7. The van der Waals surface area contributed by atoms with Gasteiger partial charge < -0.3 is 15.7 Å². The third-order valence-corrected chi connectivity index (χ3v) is 4.01. The lowest BCUT2D eigenvalue weighted by molar-refractivity contribution is 0.0734. The molecule has 2 aromatic rings. The van der Waals surface area contributed by atoms with Crippen LogP contribution in [0.15, 0.2) is 36.4 Å². The number of aromatic hydroxyl groups is 1. The topological polar surface area (TPSA) is 66.6 Å². The molecule has 3 rings (SSSR count). The van der Waals surface area contributed by atoms with Crippen LogP contribution in [0.5, 0.6) is 5.75 Å². The Hall–Kier alpha value is -2.49. The summed E-state index contributed by atoms with van der Waals surface area (Å²) in [6.07, 6.45) is 0.815. The van der Waals surface area contributed by atoms with E-state index in [1.54, 1.807) is 24.3 Å². The van der Waals surface area contributed by atoms with Gasteiger partial charge in [0.2, 0.25) is 0 Å². The molecule has 2 aromatic carbocycles. The molecular weight excluding hydrogens is 264 g/mol. The second-order valence-electron chi connectivity index (χ2n) is 5.50. The van der Waals surface area contributed by atoms with E-state index in [9.17, 15) is 9.90 Å². The van der Waals surface area contributed by atoms with Crippen molar-refractivity contribution in [3.8, 4) is 5.75 Å². The summed E-state index contributed by atoms with van der Waals surface area (Å²) >= 11 is 0. The number of anilines is 1. The molecule has 0 fully saturated rings. The number of hydrogen-bond acceptors (Lipinski definition) is 3. The Morgan fingerprint density at radius 3 is 2.76 bits per heavy atom. The largest absolute Gasteiger partial charge is 0.508 e. The van der Waals surface area contributed by atoms with Crippen LogP contribution in [0.2, 0.25) is 0 Å². The molecule has 1 heterocycles. The van der Waals surface area contributed by atoms with Gasteiger partial charge in [-0.25, -0.2) is 0 Å². The molecule has 0 bridgehead atoms. The van der Waals surface area contributed by atoms with E-state index in [1.165, 1.54) is 5.56 Å². The fraction of sp³-hybridized carbons (Fsp3) is 0.235. The maximum atomic E-state index is 12.6. The van der Waals surface area contributed by atoms with Gasteiger partial charge >= 0.3 is 0 Å². The van der Waals surface area contributed by atoms with Crippen LogP contribution in [-0.4, -0.2) is 22.5 Å². The van der Waals surface area contributed by atoms with E-state index in [-0.39, 0.29) is 11.7 Å². The second-order valence-corrected chi connectivity index (χ2v) is 5.50. The Bertz CT molecular complexity index is 710. The molecule has 0 spiro atoms. The number of rotatable bonds is 1. The number of hydrogen-bond donors (Lipinski definition) is 2. The summed E-state index contributed by atoms with van der Waals surface area (Å²) in [6.45, 7) is 3.13. The number of amides is 1. The summed E-state index contributed by atoms with van der Waals surface area (Å²) in [7, 11) is 0. The number of aryl methyl sites for hydroxylation is 1. The molecule has 4 heteroatoms. The number of carbonyl (C=O) groups is 1. The Morgan fingerprint density at radius 1 is 1.19 bits per heavy atom. The minimum Gasteiger partial charge on any atom is -0.508 e. The van der Waals surface area contributed by atoms with Crippen LogP contribution >= 0.6 is 0 Å². The van der Waals surface area contributed by atoms with E-state index in [0.29, 0.717) is 24.3 Å². The molecule has 0 saturated carbocycles. The average molecular weight is 282 g/mol. The molecule has 0 unspecified atom stereocenters. The zero-order valence-electron chi connectivity index (χ0n) is 12.0. The molecule has 1 amide bonds. The molecule has 1 aliphatic rings. The van der Waals surface area contributed by atoms with Gasteiger partial charge in [-0.15, -0.1) is 0 Å². The van der Waals surface area contributed by atoms with Crippen LogP contribution in [0, 0.1) is 6.92 Å².